The Morgan fingerprint density at radius 2 is 1.78 bits per heavy atom. The predicted molar refractivity (Wildman–Crippen MR) is 151 cm³/mol. The lowest BCUT2D eigenvalue weighted by molar-refractivity contribution is -0.384. The second-order valence-corrected chi connectivity index (χ2v) is 10.4. The molecule has 0 bridgehead atoms. The summed E-state index contributed by atoms with van der Waals surface area (Å²) in [5.41, 5.74) is 3.53. The summed E-state index contributed by atoms with van der Waals surface area (Å²) >= 11 is 0. The van der Waals surface area contributed by atoms with Crippen LogP contribution in [-0.4, -0.2) is 55.6 Å². The van der Waals surface area contributed by atoms with Crippen LogP contribution in [0.3, 0.4) is 0 Å². The summed E-state index contributed by atoms with van der Waals surface area (Å²) in [5, 5.41) is 17.8. The number of carbonyl (C=O) groups is 2. The third-order valence-electron chi connectivity index (χ3n) is 6.98. The Morgan fingerprint density at radius 3 is 2.39 bits per heavy atom. The van der Waals surface area contributed by atoms with Crippen molar-refractivity contribution in [1.29, 1.82) is 0 Å². The third kappa shape index (κ3) is 7.11. The molecule has 1 fully saturated rings. The van der Waals surface area contributed by atoms with E-state index in [1.165, 1.54) is 25.3 Å². The Labute approximate surface area is 238 Å². The highest BCUT2D eigenvalue weighted by Gasteiger charge is 2.38. The molecule has 2 aliphatic rings. The van der Waals surface area contributed by atoms with E-state index in [1.807, 2.05) is 38.1 Å². The first kappa shape index (κ1) is 29.8. The minimum atomic E-state index is -0.902. The van der Waals surface area contributed by atoms with Crippen molar-refractivity contribution >= 4 is 23.3 Å². The van der Waals surface area contributed by atoms with Crippen molar-refractivity contribution in [2.45, 2.75) is 51.9 Å². The molecule has 11 nitrogen and oxygen atoms in total. The SMILES string of the molecule is COC(=O)C1=C(C)NC(C)=C(C(=O)OCCc2ccc(NCC3COC(C)(C)O3)cc2)C1c1cccc([N+](=O)[O-])c1. The molecule has 0 aromatic heterocycles. The maximum absolute atomic E-state index is 13.4. The number of carbonyl (C=O) groups excluding carboxylic acids is 2. The molecule has 4 rings (SSSR count). The molecule has 2 unspecified atom stereocenters. The third-order valence-corrected chi connectivity index (χ3v) is 6.98. The molecular weight excluding hydrogens is 530 g/mol. The number of hydrogen-bond donors (Lipinski definition) is 2. The van der Waals surface area contributed by atoms with Crippen molar-refractivity contribution in [3.8, 4) is 0 Å². The van der Waals surface area contributed by atoms with Gasteiger partial charge in [0.1, 0.15) is 6.10 Å². The smallest absolute Gasteiger partial charge is 0.336 e. The van der Waals surface area contributed by atoms with Gasteiger partial charge in [-0.05, 0) is 51.0 Å². The molecule has 0 radical (unpaired) electrons. The molecule has 218 valence electrons. The largest absolute Gasteiger partial charge is 0.466 e. The lowest BCUT2D eigenvalue weighted by Crippen LogP contribution is -2.32. The van der Waals surface area contributed by atoms with Gasteiger partial charge in [-0.3, -0.25) is 10.1 Å². The van der Waals surface area contributed by atoms with Crippen molar-refractivity contribution in [2.24, 2.45) is 0 Å². The van der Waals surface area contributed by atoms with Gasteiger partial charge in [0, 0.05) is 42.2 Å². The van der Waals surface area contributed by atoms with Crippen LogP contribution in [0, 0.1) is 10.1 Å². The van der Waals surface area contributed by atoms with Crippen LogP contribution < -0.4 is 10.6 Å². The molecule has 2 aliphatic heterocycles. The molecule has 1 saturated heterocycles. The summed E-state index contributed by atoms with van der Waals surface area (Å²) in [5.74, 6) is -2.74. The van der Waals surface area contributed by atoms with E-state index in [2.05, 4.69) is 10.6 Å². The number of dihydropyridines is 1. The number of allylic oxidation sites excluding steroid dienone is 2. The average Bonchev–Trinajstić information content (AvgIpc) is 3.30. The second kappa shape index (κ2) is 12.5. The fourth-order valence-electron chi connectivity index (χ4n) is 5.02. The summed E-state index contributed by atoms with van der Waals surface area (Å²) in [6.07, 6.45) is 0.444. The van der Waals surface area contributed by atoms with Gasteiger partial charge in [0.25, 0.3) is 5.69 Å². The lowest BCUT2D eigenvalue weighted by Gasteiger charge is -2.30. The number of rotatable bonds is 10. The molecule has 2 aromatic rings. The molecule has 2 heterocycles. The Hall–Kier alpha value is -4.22. The topological polar surface area (TPSA) is 138 Å². The number of nitrogens with one attached hydrogen (secondary N) is 2. The number of anilines is 1. The molecular formula is C30H35N3O8. The Kier molecular flexibility index (Phi) is 9.09. The summed E-state index contributed by atoms with van der Waals surface area (Å²) in [6.45, 7) is 8.43. The number of ether oxygens (including phenoxy) is 4. The van der Waals surface area contributed by atoms with Crippen LogP contribution in [0.1, 0.15) is 44.7 Å². The first-order valence-electron chi connectivity index (χ1n) is 13.3. The van der Waals surface area contributed by atoms with Crippen molar-refractivity contribution in [3.63, 3.8) is 0 Å². The van der Waals surface area contributed by atoms with Crippen molar-refractivity contribution < 1.29 is 33.5 Å². The first-order valence-corrected chi connectivity index (χ1v) is 13.3. The molecule has 11 heteroatoms. The van der Waals surface area contributed by atoms with Gasteiger partial charge in [0.2, 0.25) is 0 Å². The van der Waals surface area contributed by atoms with E-state index in [-0.39, 0.29) is 29.5 Å². The number of nitro benzene ring substituents is 1. The summed E-state index contributed by atoms with van der Waals surface area (Å²) in [4.78, 5) is 37.1. The minimum Gasteiger partial charge on any atom is -0.466 e. The van der Waals surface area contributed by atoms with Gasteiger partial charge >= 0.3 is 11.9 Å². The Balaban J connectivity index is 1.43. The van der Waals surface area contributed by atoms with Gasteiger partial charge in [-0.15, -0.1) is 0 Å². The monoisotopic (exact) mass is 565 g/mol. The van der Waals surface area contributed by atoms with Gasteiger partial charge < -0.3 is 29.6 Å². The van der Waals surface area contributed by atoms with Crippen molar-refractivity contribution in [2.75, 3.05) is 32.2 Å². The summed E-state index contributed by atoms with van der Waals surface area (Å²) in [6, 6.07) is 13.7. The van der Waals surface area contributed by atoms with Gasteiger partial charge in [0.15, 0.2) is 5.79 Å². The van der Waals surface area contributed by atoms with Crippen LogP contribution in [-0.2, 0) is 35.0 Å². The van der Waals surface area contributed by atoms with Crippen LogP contribution in [0.2, 0.25) is 0 Å². The van der Waals surface area contributed by atoms with E-state index >= 15 is 0 Å². The zero-order valence-corrected chi connectivity index (χ0v) is 23.8. The lowest BCUT2D eigenvalue weighted by atomic mass is 9.80. The highest BCUT2D eigenvalue weighted by atomic mass is 16.7. The number of nitro groups is 1. The highest BCUT2D eigenvalue weighted by molar-refractivity contribution is 5.99. The molecule has 0 saturated carbocycles. The number of methoxy groups -OCH3 is 1. The molecule has 2 aromatic carbocycles. The van der Waals surface area contributed by atoms with Gasteiger partial charge in [-0.2, -0.15) is 0 Å². The maximum Gasteiger partial charge on any atom is 0.336 e. The zero-order valence-electron chi connectivity index (χ0n) is 23.8. The van der Waals surface area contributed by atoms with Gasteiger partial charge in [-0.1, -0.05) is 24.3 Å². The van der Waals surface area contributed by atoms with Crippen LogP contribution >= 0.6 is 0 Å². The number of non-ortho nitro benzene ring substituents is 1. The molecule has 2 N–H and O–H groups in total. The second-order valence-electron chi connectivity index (χ2n) is 10.4. The quantitative estimate of drug-likeness (QED) is 0.243. The summed E-state index contributed by atoms with van der Waals surface area (Å²) in [7, 11) is 1.24. The number of benzene rings is 2. The van der Waals surface area contributed by atoms with Gasteiger partial charge in [-0.25, -0.2) is 9.59 Å². The Morgan fingerprint density at radius 1 is 1.10 bits per heavy atom. The molecule has 0 aliphatic carbocycles. The molecule has 0 amide bonds. The fourth-order valence-corrected chi connectivity index (χ4v) is 5.02. The number of esters is 2. The molecule has 2 atom stereocenters. The van der Waals surface area contributed by atoms with Crippen LogP contribution in [0.4, 0.5) is 11.4 Å². The number of nitrogens with zero attached hydrogens (tertiary/aromatic N) is 1. The molecule has 0 spiro atoms. The van der Waals surface area contributed by atoms with Gasteiger partial charge in [0.05, 0.1) is 42.3 Å². The predicted octanol–water partition coefficient (Wildman–Crippen LogP) is 4.35. The zero-order chi connectivity index (χ0) is 29.7. The summed E-state index contributed by atoms with van der Waals surface area (Å²) < 4.78 is 22.0. The normalized spacial score (nSPS) is 19.9. The average molecular weight is 566 g/mol. The van der Waals surface area contributed by atoms with E-state index in [1.54, 1.807) is 19.9 Å². The standard InChI is InChI=1S/C30H35N3O8/c1-18-25(28(34)38-5)27(21-7-6-8-23(15-21)33(36)37)26(19(2)32-18)29(35)39-14-13-20-9-11-22(12-10-20)31-16-24-17-40-30(3,4)41-24/h6-12,15,24,27,31-32H,13-14,16-17H2,1-5H3. The van der Waals surface area contributed by atoms with Crippen LogP contribution in [0.15, 0.2) is 71.1 Å². The number of hydrogen-bond acceptors (Lipinski definition) is 10. The van der Waals surface area contributed by atoms with Crippen LogP contribution in [0.25, 0.3) is 0 Å². The minimum absolute atomic E-state index is 0.0275. The van der Waals surface area contributed by atoms with E-state index in [9.17, 15) is 19.7 Å². The highest BCUT2D eigenvalue weighted by Crippen LogP contribution is 2.40. The fraction of sp³-hybridized carbons (Fsp3) is 0.400. The van der Waals surface area contributed by atoms with Crippen LogP contribution in [0.5, 0.6) is 0 Å². The molecule has 41 heavy (non-hydrogen) atoms. The van der Waals surface area contributed by atoms with E-state index in [0.29, 0.717) is 36.5 Å². The first-order chi connectivity index (χ1) is 19.5. The van der Waals surface area contributed by atoms with Crippen molar-refractivity contribution in [3.05, 3.63) is 92.3 Å². The van der Waals surface area contributed by atoms with Crippen molar-refractivity contribution in [1.82, 2.24) is 5.32 Å². The van der Waals surface area contributed by atoms with E-state index in [4.69, 9.17) is 18.9 Å². The van der Waals surface area contributed by atoms with E-state index in [0.717, 1.165) is 11.3 Å². The van der Waals surface area contributed by atoms with E-state index < -0.39 is 28.6 Å². The maximum atomic E-state index is 13.4. The Bertz CT molecular complexity index is 1380.